The van der Waals surface area contributed by atoms with Gasteiger partial charge in [0.2, 0.25) is 0 Å². The van der Waals surface area contributed by atoms with Crippen LogP contribution in [0.25, 0.3) is 0 Å². The van der Waals surface area contributed by atoms with Crippen LogP contribution < -0.4 is 5.43 Å². The van der Waals surface area contributed by atoms with Crippen LogP contribution in [0.5, 0.6) is 0 Å². The number of nitro benzene ring substituents is 1. The lowest BCUT2D eigenvalue weighted by atomic mass is 10.1. The van der Waals surface area contributed by atoms with Crippen molar-refractivity contribution in [3.8, 4) is 0 Å². The standard InChI is InChI=1S/C14H16ClN3O5/c1-4-23-14(20)8(2)9(3)16-17-13(19)10-5-6-11(15)12(7-10)18(21)22/h5-8H,4H2,1-3H3,(H,17,19)/b16-9-. The number of amides is 1. The summed E-state index contributed by atoms with van der Waals surface area (Å²) in [6.45, 7) is 5.09. The smallest absolute Gasteiger partial charge is 0.314 e. The van der Waals surface area contributed by atoms with Gasteiger partial charge in [0.15, 0.2) is 0 Å². The Morgan fingerprint density at radius 3 is 2.70 bits per heavy atom. The number of nitro groups is 1. The van der Waals surface area contributed by atoms with E-state index in [1.807, 2.05) is 0 Å². The number of esters is 1. The van der Waals surface area contributed by atoms with Crippen LogP contribution in [-0.2, 0) is 9.53 Å². The fourth-order valence-corrected chi connectivity index (χ4v) is 1.72. The fraction of sp³-hybridized carbons (Fsp3) is 0.357. The summed E-state index contributed by atoms with van der Waals surface area (Å²) in [5, 5.41) is 14.5. The van der Waals surface area contributed by atoms with Crippen molar-refractivity contribution in [1.82, 2.24) is 5.43 Å². The highest BCUT2D eigenvalue weighted by atomic mass is 35.5. The van der Waals surface area contributed by atoms with Crippen molar-refractivity contribution in [3.05, 3.63) is 38.9 Å². The average molecular weight is 342 g/mol. The summed E-state index contributed by atoms with van der Waals surface area (Å²) in [4.78, 5) is 33.6. The average Bonchev–Trinajstić information content (AvgIpc) is 2.51. The van der Waals surface area contributed by atoms with Crippen LogP contribution in [0, 0.1) is 16.0 Å². The van der Waals surface area contributed by atoms with E-state index in [1.54, 1.807) is 20.8 Å². The monoisotopic (exact) mass is 341 g/mol. The summed E-state index contributed by atoms with van der Waals surface area (Å²) in [5.74, 6) is -1.72. The van der Waals surface area contributed by atoms with E-state index in [1.165, 1.54) is 12.1 Å². The molecule has 1 unspecified atom stereocenters. The number of nitrogens with one attached hydrogen (secondary N) is 1. The lowest BCUT2D eigenvalue weighted by Crippen LogP contribution is -2.25. The van der Waals surface area contributed by atoms with Gasteiger partial charge in [0.25, 0.3) is 11.6 Å². The Hall–Kier alpha value is -2.48. The van der Waals surface area contributed by atoms with Crippen LogP contribution in [0.3, 0.4) is 0 Å². The molecule has 0 fully saturated rings. The molecule has 0 heterocycles. The van der Waals surface area contributed by atoms with Crippen molar-refractivity contribution in [2.75, 3.05) is 6.61 Å². The number of ether oxygens (including phenoxy) is 1. The van der Waals surface area contributed by atoms with Gasteiger partial charge < -0.3 is 4.74 Å². The number of hydrogen-bond acceptors (Lipinski definition) is 6. The van der Waals surface area contributed by atoms with Crippen molar-refractivity contribution in [2.45, 2.75) is 20.8 Å². The van der Waals surface area contributed by atoms with Crippen LogP contribution in [0.2, 0.25) is 5.02 Å². The molecule has 0 bridgehead atoms. The molecule has 0 aliphatic rings. The summed E-state index contributed by atoms with van der Waals surface area (Å²) < 4.78 is 4.85. The van der Waals surface area contributed by atoms with Crippen molar-refractivity contribution >= 4 is 34.9 Å². The van der Waals surface area contributed by atoms with E-state index in [0.29, 0.717) is 5.71 Å². The molecule has 1 rings (SSSR count). The van der Waals surface area contributed by atoms with E-state index in [9.17, 15) is 19.7 Å². The molecule has 1 N–H and O–H groups in total. The lowest BCUT2D eigenvalue weighted by molar-refractivity contribution is -0.384. The van der Waals surface area contributed by atoms with Gasteiger partial charge in [-0.2, -0.15) is 5.10 Å². The first kappa shape index (κ1) is 18.6. The summed E-state index contributed by atoms with van der Waals surface area (Å²) in [5.41, 5.74) is 2.24. The van der Waals surface area contributed by atoms with Crippen molar-refractivity contribution in [1.29, 1.82) is 0 Å². The summed E-state index contributed by atoms with van der Waals surface area (Å²) in [7, 11) is 0. The molecule has 0 radical (unpaired) electrons. The van der Waals surface area contributed by atoms with Gasteiger partial charge in [-0.25, -0.2) is 5.43 Å². The normalized spacial score (nSPS) is 12.4. The van der Waals surface area contributed by atoms with Gasteiger partial charge in [-0.05, 0) is 32.9 Å². The lowest BCUT2D eigenvalue weighted by Gasteiger charge is -2.10. The number of benzene rings is 1. The Balaban J connectivity index is 2.84. The predicted molar refractivity (Wildman–Crippen MR) is 84.5 cm³/mol. The zero-order valence-corrected chi connectivity index (χ0v) is 13.6. The van der Waals surface area contributed by atoms with Gasteiger partial charge in [-0.3, -0.25) is 19.7 Å². The second-order valence-corrected chi connectivity index (χ2v) is 5.00. The fourth-order valence-electron chi connectivity index (χ4n) is 1.53. The van der Waals surface area contributed by atoms with Crippen molar-refractivity contribution in [2.24, 2.45) is 11.0 Å². The third-order valence-corrected chi connectivity index (χ3v) is 3.33. The number of halogens is 1. The SMILES string of the molecule is CCOC(=O)C(C)/C(C)=N\NC(=O)c1ccc(Cl)c([N+](=O)[O-])c1. The van der Waals surface area contributed by atoms with Crippen LogP contribution in [0.15, 0.2) is 23.3 Å². The predicted octanol–water partition coefficient (Wildman–Crippen LogP) is 2.55. The Labute approximate surface area is 137 Å². The second kappa shape index (κ2) is 8.23. The largest absolute Gasteiger partial charge is 0.465 e. The van der Waals surface area contributed by atoms with E-state index in [-0.39, 0.29) is 22.9 Å². The maximum absolute atomic E-state index is 12.0. The minimum absolute atomic E-state index is 0.0291. The number of rotatable bonds is 6. The zero-order valence-electron chi connectivity index (χ0n) is 12.8. The maximum Gasteiger partial charge on any atom is 0.314 e. The summed E-state index contributed by atoms with van der Waals surface area (Å²) in [6, 6.07) is 3.65. The van der Waals surface area contributed by atoms with E-state index in [0.717, 1.165) is 6.07 Å². The molecule has 0 aliphatic carbocycles. The second-order valence-electron chi connectivity index (χ2n) is 4.59. The molecule has 23 heavy (non-hydrogen) atoms. The zero-order chi connectivity index (χ0) is 17.6. The molecule has 8 nitrogen and oxygen atoms in total. The first-order valence-corrected chi connectivity index (χ1v) is 7.10. The van der Waals surface area contributed by atoms with Crippen LogP contribution in [-0.4, -0.2) is 29.1 Å². The Bertz CT molecular complexity index is 660. The number of hydrazone groups is 1. The van der Waals surface area contributed by atoms with Crippen LogP contribution in [0.4, 0.5) is 5.69 Å². The highest BCUT2D eigenvalue weighted by Crippen LogP contribution is 2.24. The van der Waals surface area contributed by atoms with Gasteiger partial charge in [-0.1, -0.05) is 11.6 Å². The molecule has 1 atom stereocenters. The Morgan fingerprint density at radius 1 is 1.48 bits per heavy atom. The van der Waals surface area contributed by atoms with Gasteiger partial charge in [0, 0.05) is 17.3 Å². The highest BCUT2D eigenvalue weighted by molar-refractivity contribution is 6.32. The first-order valence-electron chi connectivity index (χ1n) is 6.73. The Kier molecular flexibility index (Phi) is 6.65. The van der Waals surface area contributed by atoms with Gasteiger partial charge >= 0.3 is 5.97 Å². The van der Waals surface area contributed by atoms with Crippen molar-refractivity contribution < 1.29 is 19.2 Å². The van der Waals surface area contributed by atoms with Crippen molar-refractivity contribution in [3.63, 3.8) is 0 Å². The first-order chi connectivity index (χ1) is 10.8. The third-order valence-electron chi connectivity index (χ3n) is 3.01. The minimum atomic E-state index is -0.684. The molecule has 0 saturated carbocycles. The molecule has 0 saturated heterocycles. The van der Waals surface area contributed by atoms with E-state index < -0.39 is 22.7 Å². The molecular weight excluding hydrogens is 326 g/mol. The Morgan fingerprint density at radius 2 is 2.13 bits per heavy atom. The molecule has 0 spiro atoms. The molecule has 1 aromatic carbocycles. The maximum atomic E-state index is 12.0. The van der Waals surface area contributed by atoms with Gasteiger partial charge in [0.1, 0.15) is 5.02 Å². The van der Waals surface area contributed by atoms with Gasteiger partial charge in [-0.15, -0.1) is 0 Å². The molecule has 124 valence electrons. The molecule has 1 amide bonds. The number of carbonyl (C=O) groups excluding carboxylic acids is 2. The number of hydrogen-bond donors (Lipinski definition) is 1. The quantitative estimate of drug-likeness (QED) is 0.370. The van der Waals surface area contributed by atoms with Crippen LogP contribution in [0.1, 0.15) is 31.1 Å². The van der Waals surface area contributed by atoms with Gasteiger partial charge in [0.05, 0.1) is 17.4 Å². The molecule has 0 aliphatic heterocycles. The molecule has 0 aromatic heterocycles. The van der Waals surface area contributed by atoms with E-state index >= 15 is 0 Å². The van der Waals surface area contributed by atoms with Crippen LogP contribution >= 0.6 is 11.6 Å². The number of carbonyl (C=O) groups is 2. The highest BCUT2D eigenvalue weighted by Gasteiger charge is 2.19. The minimum Gasteiger partial charge on any atom is -0.465 e. The molecule has 9 heteroatoms. The third kappa shape index (κ3) is 5.03. The molecular formula is C14H16ClN3O5. The summed E-state index contributed by atoms with van der Waals surface area (Å²) in [6.07, 6.45) is 0. The van der Waals surface area contributed by atoms with E-state index in [2.05, 4.69) is 10.5 Å². The molecule has 1 aromatic rings. The topological polar surface area (TPSA) is 111 Å². The summed E-state index contributed by atoms with van der Waals surface area (Å²) >= 11 is 5.68. The van der Waals surface area contributed by atoms with E-state index in [4.69, 9.17) is 16.3 Å². The number of nitrogens with zero attached hydrogens (tertiary/aromatic N) is 2.